The maximum absolute atomic E-state index is 12.9. The Labute approximate surface area is 180 Å². The number of anilines is 1. The standard InChI is InChI=1S/C23H25N3O3S/c1-3-14-30-23-25-21(24-15-27)20(22(28)26-23)19(4-2)16-10-12-18(13-11-16)29-17-8-6-5-7-9-17/h5-13,15,19H,3-4,14H2,1-2H3,(H2,24,25,26,27,28). The summed E-state index contributed by atoms with van der Waals surface area (Å²) in [6.07, 6.45) is 2.20. The second kappa shape index (κ2) is 10.6. The number of para-hydroxylation sites is 1. The molecule has 0 saturated heterocycles. The van der Waals surface area contributed by atoms with Crippen molar-refractivity contribution in [3.8, 4) is 11.5 Å². The average molecular weight is 424 g/mol. The SMILES string of the molecule is CCCSc1nc(NC=O)c(C(CC)c2ccc(Oc3ccccc3)cc2)c(=O)[nH]1. The lowest BCUT2D eigenvalue weighted by molar-refractivity contribution is -0.105. The van der Waals surface area contributed by atoms with Crippen LogP contribution in [0.2, 0.25) is 0 Å². The average Bonchev–Trinajstić information content (AvgIpc) is 2.76. The van der Waals surface area contributed by atoms with Crippen molar-refractivity contribution in [2.24, 2.45) is 0 Å². The number of aromatic nitrogens is 2. The Morgan fingerprint density at radius 1 is 1.10 bits per heavy atom. The van der Waals surface area contributed by atoms with E-state index in [1.807, 2.05) is 61.5 Å². The summed E-state index contributed by atoms with van der Waals surface area (Å²) in [7, 11) is 0. The maximum atomic E-state index is 12.9. The number of aromatic amines is 1. The minimum Gasteiger partial charge on any atom is -0.457 e. The van der Waals surface area contributed by atoms with Gasteiger partial charge in [0, 0.05) is 11.7 Å². The zero-order valence-electron chi connectivity index (χ0n) is 17.1. The lowest BCUT2D eigenvalue weighted by Crippen LogP contribution is -2.22. The third-order valence-corrected chi connectivity index (χ3v) is 5.67. The summed E-state index contributed by atoms with van der Waals surface area (Å²) < 4.78 is 5.85. The zero-order valence-corrected chi connectivity index (χ0v) is 17.9. The highest BCUT2D eigenvalue weighted by Crippen LogP contribution is 2.32. The van der Waals surface area contributed by atoms with Crippen LogP contribution < -0.4 is 15.6 Å². The van der Waals surface area contributed by atoms with Gasteiger partial charge in [-0.2, -0.15) is 0 Å². The molecule has 0 aliphatic carbocycles. The van der Waals surface area contributed by atoms with Crippen LogP contribution in [0.5, 0.6) is 11.5 Å². The highest BCUT2D eigenvalue weighted by atomic mass is 32.2. The van der Waals surface area contributed by atoms with Gasteiger partial charge in [0.1, 0.15) is 17.3 Å². The van der Waals surface area contributed by atoms with E-state index in [9.17, 15) is 9.59 Å². The van der Waals surface area contributed by atoms with Crippen molar-refractivity contribution in [3.63, 3.8) is 0 Å². The minimum absolute atomic E-state index is 0.209. The Bertz CT molecular complexity index is 1020. The van der Waals surface area contributed by atoms with Crippen LogP contribution in [0.3, 0.4) is 0 Å². The van der Waals surface area contributed by atoms with Crippen molar-refractivity contribution in [2.75, 3.05) is 11.1 Å². The number of hydrogen-bond acceptors (Lipinski definition) is 5. The summed E-state index contributed by atoms with van der Waals surface area (Å²) >= 11 is 1.46. The number of rotatable bonds is 10. The minimum atomic E-state index is -0.232. The molecule has 0 radical (unpaired) electrons. The fraction of sp³-hybridized carbons (Fsp3) is 0.261. The summed E-state index contributed by atoms with van der Waals surface area (Å²) in [5.41, 5.74) is 1.18. The van der Waals surface area contributed by atoms with Gasteiger partial charge in [-0.15, -0.1) is 0 Å². The molecule has 0 spiro atoms. The quantitative estimate of drug-likeness (QED) is 0.267. The number of carbonyl (C=O) groups is 1. The molecule has 3 rings (SSSR count). The maximum Gasteiger partial charge on any atom is 0.257 e. The van der Waals surface area contributed by atoms with Crippen LogP contribution in [-0.2, 0) is 4.79 Å². The molecule has 0 saturated carbocycles. The van der Waals surface area contributed by atoms with Crippen molar-refractivity contribution < 1.29 is 9.53 Å². The second-order valence-electron chi connectivity index (χ2n) is 6.69. The van der Waals surface area contributed by atoms with Gasteiger partial charge < -0.3 is 15.0 Å². The molecule has 6 nitrogen and oxygen atoms in total. The van der Waals surface area contributed by atoms with Crippen molar-refractivity contribution in [1.82, 2.24) is 9.97 Å². The van der Waals surface area contributed by atoms with Crippen LogP contribution >= 0.6 is 11.8 Å². The van der Waals surface area contributed by atoms with Gasteiger partial charge in [-0.05, 0) is 42.7 Å². The molecule has 0 fully saturated rings. The van der Waals surface area contributed by atoms with Crippen molar-refractivity contribution in [2.45, 2.75) is 37.8 Å². The normalized spacial score (nSPS) is 11.7. The Kier molecular flexibility index (Phi) is 7.68. The van der Waals surface area contributed by atoms with Gasteiger partial charge >= 0.3 is 0 Å². The van der Waals surface area contributed by atoms with E-state index >= 15 is 0 Å². The molecule has 2 N–H and O–H groups in total. The monoisotopic (exact) mass is 423 g/mol. The number of benzene rings is 2. The first-order valence-corrected chi connectivity index (χ1v) is 10.9. The summed E-state index contributed by atoms with van der Waals surface area (Å²) in [5.74, 6) is 2.41. The number of nitrogens with zero attached hydrogens (tertiary/aromatic N) is 1. The molecule has 156 valence electrons. The van der Waals surface area contributed by atoms with E-state index in [0.717, 1.165) is 23.5 Å². The van der Waals surface area contributed by atoms with Gasteiger partial charge in [-0.1, -0.05) is 55.9 Å². The number of ether oxygens (including phenoxy) is 1. The predicted octanol–water partition coefficient (Wildman–Crippen LogP) is 5.17. The van der Waals surface area contributed by atoms with Crippen LogP contribution in [0.25, 0.3) is 0 Å². The molecule has 0 bridgehead atoms. The molecule has 7 heteroatoms. The van der Waals surface area contributed by atoms with E-state index in [0.29, 0.717) is 35.1 Å². The number of nitrogens with one attached hydrogen (secondary N) is 2. The van der Waals surface area contributed by atoms with E-state index in [-0.39, 0.29) is 11.5 Å². The van der Waals surface area contributed by atoms with Crippen LogP contribution in [0.1, 0.15) is 43.7 Å². The summed E-state index contributed by atoms with van der Waals surface area (Å²) in [6.45, 7) is 4.06. The number of thioether (sulfide) groups is 1. The van der Waals surface area contributed by atoms with Gasteiger partial charge in [0.25, 0.3) is 5.56 Å². The van der Waals surface area contributed by atoms with Gasteiger partial charge in [0.2, 0.25) is 6.41 Å². The Hall–Kier alpha value is -3.06. The first-order valence-electron chi connectivity index (χ1n) is 9.96. The fourth-order valence-electron chi connectivity index (χ4n) is 3.22. The van der Waals surface area contributed by atoms with Crippen LogP contribution in [-0.4, -0.2) is 22.1 Å². The molecule has 0 aliphatic heterocycles. The molecule has 1 atom stereocenters. The molecular formula is C23H25N3O3S. The van der Waals surface area contributed by atoms with Crippen molar-refractivity contribution in [3.05, 3.63) is 76.1 Å². The number of carbonyl (C=O) groups excluding carboxylic acids is 1. The Balaban J connectivity index is 1.91. The van der Waals surface area contributed by atoms with E-state index in [1.165, 1.54) is 11.8 Å². The predicted molar refractivity (Wildman–Crippen MR) is 121 cm³/mol. The number of amides is 1. The lowest BCUT2D eigenvalue weighted by atomic mass is 9.90. The van der Waals surface area contributed by atoms with E-state index < -0.39 is 0 Å². The molecular weight excluding hydrogens is 398 g/mol. The van der Waals surface area contributed by atoms with E-state index in [1.54, 1.807) is 0 Å². The smallest absolute Gasteiger partial charge is 0.257 e. The highest BCUT2D eigenvalue weighted by molar-refractivity contribution is 7.99. The molecule has 1 heterocycles. The van der Waals surface area contributed by atoms with Gasteiger partial charge in [0.05, 0.1) is 5.56 Å². The van der Waals surface area contributed by atoms with Gasteiger partial charge in [-0.3, -0.25) is 9.59 Å². The summed E-state index contributed by atoms with van der Waals surface area (Å²) in [5, 5.41) is 3.12. The lowest BCUT2D eigenvalue weighted by Gasteiger charge is -2.18. The van der Waals surface area contributed by atoms with E-state index in [2.05, 4.69) is 22.2 Å². The molecule has 3 aromatic rings. The Morgan fingerprint density at radius 2 is 1.80 bits per heavy atom. The van der Waals surface area contributed by atoms with Gasteiger partial charge in [-0.25, -0.2) is 4.98 Å². The third kappa shape index (κ3) is 5.30. The number of H-pyrrole nitrogens is 1. The third-order valence-electron chi connectivity index (χ3n) is 4.59. The molecule has 30 heavy (non-hydrogen) atoms. The largest absolute Gasteiger partial charge is 0.457 e. The zero-order chi connectivity index (χ0) is 21.3. The fourth-order valence-corrected chi connectivity index (χ4v) is 3.94. The first-order chi connectivity index (χ1) is 14.7. The van der Waals surface area contributed by atoms with Crippen molar-refractivity contribution in [1.29, 1.82) is 0 Å². The molecule has 1 amide bonds. The topological polar surface area (TPSA) is 84.1 Å². The second-order valence-corrected chi connectivity index (χ2v) is 7.77. The summed E-state index contributed by atoms with van der Waals surface area (Å²) in [4.78, 5) is 31.4. The number of hydrogen-bond donors (Lipinski definition) is 2. The highest BCUT2D eigenvalue weighted by Gasteiger charge is 2.22. The summed E-state index contributed by atoms with van der Waals surface area (Å²) in [6, 6.07) is 17.2. The van der Waals surface area contributed by atoms with Crippen molar-refractivity contribution >= 4 is 24.0 Å². The first kappa shape index (κ1) is 21.6. The molecule has 1 unspecified atom stereocenters. The van der Waals surface area contributed by atoms with Crippen LogP contribution in [0.15, 0.2) is 64.5 Å². The molecule has 0 aliphatic rings. The molecule has 2 aromatic carbocycles. The van der Waals surface area contributed by atoms with Crippen LogP contribution in [0.4, 0.5) is 5.82 Å². The molecule has 1 aromatic heterocycles. The van der Waals surface area contributed by atoms with Crippen LogP contribution in [0, 0.1) is 0 Å². The Morgan fingerprint density at radius 3 is 2.43 bits per heavy atom. The van der Waals surface area contributed by atoms with E-state index in [4.69, 9.17) is 4.74 Å². The van der Waals surface area contributed by atoms with Gasteiger partial charge in [0.15, 0.2) is 5.16 Å².